The van der Waals surface area contributed by atoms with Crippen LogP contribution in [-0.4, -0.2) is 233 Å². The van der Waals surface area contributed by atoms with E-state index in [0.29, 0.717) is 0 Å². The Kier molecular flexibility index (Phi) is 23.1. The van der Waals surface area contributed by atoms with E-state index >= 15 is 4.79 Å². The van der Waals surface area contributed by atoms with Crippen LogP contribution in [0.25, 0.3) is 0 Å². The molecule has 34 heteroatoms. The van der Waals surface area contributed by atoms with E-state index in [1.54, 1.807) is 6.92 Å². The summed E-state index contributed by atoms with van der Waals surface area (Å²) >= 11 is 0. The number of aliphatic hydroxyl groups is 1. The van der Waals surface area contributed by atoms with E-state index in [1.165, 1.54) is 45.0 Å². The second kappa shape index (κ2) is 29.9. The van der Waals surface area contributed by atoms with Gasteiger partial charge in [-0.3, -0.25) is 56.9 Å². The van der Waals surface area contributed by atoms with Crippen molar-refractivity contribution in [2.75, 3.05) is 19.0 Å². The Morgan fingerprint density at radius 2 is 1.00 bits per heavy atom. The maximum atomic E-state index is 15.0. The molecule has 1 aliphatic carbocycles. The first-order valence-corrected chi connectivity index (χ1v) is 31.4. The van der Waals surface area contributed by atoms with Crippen LogP contribution >= 0.6 is 0 Å². The number of esters is 11. The summed E-state index contributed by atoms with van der Waals surface area (Å²) < 4.78 is 129. The number of Topliss-reactive ketones (excluding diaryl/α,β-unsaturated/α-hetero) is 1. The maximum absolute atomic E-state index is 15.0. The highest BCUT2D eigenvalue weighted by Gasteiger charge is 2.76. The quantitative estimate of drug-likeness (QED) is 0.109. The molecule has 6 saturated heterocycles. The van der Waals surface area contributed by atoms with Gasteiger partial charge in [0.2, 0.25) is 11.6 Å². The van der Waals surface area contributed by atoms with Crippen molar-refractivity contribution in [1.82, 2.24) is 0 Å². The summed E-state index contributed by atoms with van der Waals surface area (Å²) in [5, 5.41) is 11.5. The van der Waals surface area contributed by atoms with Crippen LogP contribution in [0.5, 0.6) is 5.75 Å². The monoisotopic (exact) mass is 1360 g/mol. The lowest BCUT2D eigenvalue weighted by molar-refractivity contribution is -0.386. The van der Waals surface area contributed by atoms with Gasteiger partial charge in [0.1, 0.15) is 42.9 Å². The fourth-order valence-electron chi connectivity index (χ4n) is 12.7. The van der Waals surface area contributed by atoms with E-state index in [4.69, 9.17) is 90.0 Å². The minimum absolute atomic E-state index is 0.0414. The first-order chi connectivity index (χ1) is 44.1. The van der Waals surface area contributed by atoms with E-state index in [1.807, 2.05) is 0 Å². The summed E-state index contributed by atoms with van der Waals surface area (Å²) in [5.41, 5.74) is -2.72. The number of rotatable bonds is 19. The van der Waals surface area contributed by atoms with Crippen molar-refractivity contribution in [2.45, 2.75) is 236 Å². The van der Waals surface area contributed by atoms with Gasteiger partial charge in [-0.25, -0.2) is 4.79 Å². The lowest BCUT2D eigenvalue weighted by atomic mass is 9.70. The largest absolute Gasteiger partial charge is 0.463 e. The maximum Gasteiger partial charge on any atom is 0.338 e. The molecule has 1 aromatic carbocycles. The van der Waals surface area contributed by atoms with Crippen molar-refractivity contribution in [3.63, 3.8) is 0 Å². The summed E-state index contributed by atoms with van der Waals surface area (Å²) in [6, 6.07) is 5.44. The van der Waals surface area contributed by atoms with E-state index in [-0.39, 0.29) is 17.9 Å². The number of carbonyl (C=O) groups excluding carboxylic acids is 12. The van der Waals surface area contributed by atoms with Gasteiger partial charge in [0.25, 0.3) is 0 Å². The van der Waals surface area contributed by atoms with Gasteiger partial charge in [-0.15, -0.1) is 0 Å². The molecule has 1 N–H and O–H groups in total. The molecular weight excluding hydrogens is 1280 g/mol. The van der Waals surface area contributed by atoms with Gasteiger partial charge in [-0.1, -0.05) is 6.92 Å². The molecule has 25 atom stereocenters. The average Bonchev–Trinajstić information content (AvgIpc) is 1.53. The van der Waals surface area contributed by atoms with Crippen LogP contribution in [0.3, 0.4) is 0 Å². The third-order valence-corrected chi connectivity index (χ3v) is 18.2. The molecular formula is C60H76O33S. The zero-order valence-corrected chi connectivity index (χ0v) is 54.3. The lowest BCUT2D eigenvalue weighted by Crippen LogP contribution is -2.68. The second-order valence-electron chi connectivity index (χ2n) is 23.7. The Bertz CT molecular complexity index is 3100. The Morgan fingerprint density at radius 1 is 0.532 bits per heavy atom. The number of fused-ring (bicyclic) bond motifs is 3. The molecule has 0 aromatic heterocycles. The number of hydrogen-bond donors (Lipinski definition) is 1. The third-order valence-electron chi connectivity index (χ3n) is 16.4. The molecule has 6 aliphatic heterocycles. The van der Waals surface area contributed by atoms with Crippen molar-refractivity contribution in [3.8, 4) is 5.75 Å². The summed E-state index contributed by atoms with van der Waals surface area (Å²) in [5.74, 6) is -15.7. The molecule has 33 nitrogen and oxygen atoms in total. The Balaban J connectivity index is 1.17. The average molecular weight is 1360 g/mol. The molecule has 1 saturated carbocycles. The highest BCUT2D eigenvalue weighted by molar-refractivity contribution is 7.86. The van der Waals surface area contributed by atoms with Crippen molar-refractivity contribution in [2.24, 2.45) is 11.8 Å². The highest BCUT2D eigenvalue weighted by Crippen LogP contribution is 2.54. The first-order valence-electron chi connectivity index (χ1n) is 30.0. The van der Waals surface area contributed by atoms with Gasteiger partial charge in [0.15, 0.2) is 73.3 Å². The van der Waals surface area contributed by atoms with Crippen molar-refractivity contribution in [1.29, 1.82) is 0 Å². The molecule has 0 bridgehead atoms. The van der Waals surface area contributed by atoms with Crippen LogP contribution in [0.4, 0.5) is 0 Å². The van der Waals surface area contributed by atoms with Crippen molar-refractivity contribution >= 4 is 82.2 Å². The number of benzene rings is 1. The van der Waals surface area contributed by atoms with Crippen LogP contribution in [0.1, 0.15) is 113 Å². The normalized spacial score (nSPS) is 38.2. The molecule has 1 aromatic rings. The van der Waals surface area contributed by atoms with E-state index in [9.17, 15) is 62.1 Å². The summed E-state index contributed by atoms with van der Waals surface area (Å²) in [4.78, 5) is 156. The Morgan fingerprint density at radius 3 is 1.52 bits per heavy atom. The van der Waals surface area contributed by atoms with E-state index in [0.717, 1.165) is 62.3 Å². The molecule has 520 valence electrons. The van der Waals surface area contributed by atoms with E-state index in [2.05, 4.69) is 0 Å². The summed E-state index contributed by atoms with van der Waals surface area (Å²) in [7, 11) is -2.15. The first kappa shape index (κ1) is 72.7. The molecule has 1 spiro atoms. The number of carbonyl (C=O) groups is 12. The fourth-order valence-corrected chi connectivity index (χ4v) is 14.8. The smallest absolute Gasteiger partial charge is 0.338 e. The Hall–Kier alpha value is -7.15. The summed E-state index contributed by atoms with van der Waals surface area (Å²) in [6.07, 6.45) is -33.6. The number of ketones is 1. The van der Waals surface area contributed by atoms with Crippen LogP contribution in [0.2, 0.25) is 0 Å². The zero-order chi connectivity index (χ0) is 69.2. The molecule has 94 heavy (non-hydrogen) atoms. The number of ether oxygens (including phenoxy) is 19. The van der Waals surface area contributed by atoms with Gasteiger partial charge in [0, 0.05) is 98.3 Å². The third kappa shape index (κ3) is 16.2. The standard InChI is InChI=1S/C60H76O33S/c1-23-20-76-59(19-39(23)88-54(71)36-14-16-37(17-15-36)79-27(5)62)58(72)60(73)42(80-28(6)63)18-38-41(22-94(74)52(38)53(60)93-59)90-55-51(47(85-33(11)68)44(24(2)77-55)82-30(8)65)92-57-50(87-35(13)70)48(45(83-31(9)66)40(89-57)21-75-26(4)61)91-56-49(86-34(12)69)46(84-32(10)67)43(25(3)78-56)81-29(7)64/h14-17,23-25,38-53,55-57,73H,18-22H2,1-13H3/t23-,24-,25+,38-,39+,40-,41+,42+,43+,44-,45-,46-,47+,48+,49-,50-,51-,52+,53-,55+,56+,57+,59+,60-,94?/m1/s1. The van der Waals surface area contributed by atoms with Gasteiger partial charge in [0.05, 0.1) is 41.5 Å². The van der Waals surface area contributed by atoms with Crippen LogP contribution in [0.15, 0.2) is 24.3 Å². The molecule has 7 aliphatic rings. The SMILES string of the molecule is CC(=O)OC[C@H]1O[C@@H](O[C@H]2[C@H](O[C@H]3CS(=O)[C@H]4[C@@H]3C[C@H](OC(C)=O)[C@]3(O)C(=O)[C@]5(C[C@H](OC(=O)c6ccc(OC(C)=O)cc6)[C@H](C)CO5)O[C@H]43)O[C@H](C)[C@@H](OC(C)=O)[C@@H]2OC(C)=O)[C@H](OC(C)=O)[C@@H](O[C@@H]2O[C@@H](C)[C@H](OC(C)=O)[C@@H](OC(C)=O)[C@H]2OC(C)=O)[C@@H]1OC(C)=O. The molecule has 0 amide bonds. The van der Waals surface area contributed by atoms with E-state index < -0.39 is 252 Å². The molecule has 7 fully saturated rings. The highest BCUT2D eigenvalue weighted by atomic mass is 32.2. The van der Waals surface area contributed by atoms with Gasteiger partial charge >= 0.3 is 65.7 Å². The Labute approximate surface area is 539 Å². The predicted molar refractivity (Wildman–Crippen MR) is 302 cm³/mol. The molecule has 0 radical (unpaired) electrons. The number of hydrogen-bond acceptors (Lipinski definition) is 33. The van der Waals surface area contributed by atoms with Crippen molar-refractivity contribution < 1.29 is 157 Å². The topological polar surface area (TPSA) is 418 Å². The minimum atomic E-state index is -2.77. The van der Waals surface area contributed by atoms with Gasteiger partial charge in [-0.05, 0) is 44.5 Å². The van der Waals surface area contributed by atoms with Gasteiger partial charge in [-0.2, -0.15) is 0 Å². The summed E-state index contributed by atoms with van der Waals surface area (Å²) in [6.45, 7) is 13.6. The van der Waals surface area contributed by atoms with Gasteiger partial charge < -0.3 is 95.1 Å². The lowest BCUT2D eigenvalue weighted by Gasteiger charge is -2.50. The molecule has 8 rings (SSSR count). The zero-order valence-electron chi connectivity index (χ0n) is 53.5. The fraction of sp³-hybridized carbons (Fsp3) is 0.700. The van der Waals surface area contributed by atoms with Crippen molar-refractivity contribution in [3.05, 3.63) is 29.8 Å². The molecule has 1 unspecified atom stereocenters. The minimum Gasteiger partial charge on any atom is -0.463 e. The van der Waals surface area contributed by atoms with Crippen LogP contribution in [0, 0.1) is 11.8 Å². The van der Waals surface area contributed by atoms with Crippen LogP contribution in [-0.2, 0) is 149 Å². The second-order valence-corrected chi connectivity index (χ2v) is 25.3. The molecule has 6 heterocycles. The van der Waals surface area contributed by atoms with Crippen LogP contribution < -0.4 is 4.74 Å². The predicted octanol–water partition coefficient (Wildman–Crippen LogP) is 0.127.